The topological polar surface area (TPSA) is 84.6 Å². The number of carboxylic acid groups (broad SMARTS) is 1. The first-order chi connectivity index (χ1) is 6.83. The van der Waals surface area contributed by atoms with E-state index >= 15 is 0 Å². The monoisotopic (exact) mass is 218 g/mol. The van der Waals surface area contributed by atoms with E-state index in [4.69, 9.17) is 15.7 Å². The van der Waals surface area contributed by atoms with E-state index in [0.29, 0.717) is 13.0 Å². The third-order valence-electron chi connectivity index (χ3n) is 1.74. The maximum atomic E-state index is 10.4. The SMILES string of the molecule is CC(C)(C)ONCCCC[C@H](N)C(=O)O. The number of nitrogens with one attached hydrogen (secondary N) is 1. The number of hydrogen-bond acceptors (Lipinski definition) is 4. The van der Waals surface area contributed by atoms with Crippen LogP contribution in [0.4, 0.5) is 0 Å². The molecule has 15 heavy (non-hydrogen) atoms. The summed E-state index contributed by atoms with van der Waals surface area (Å²) in [6.45, 7) is 6.59. The predicted octanol–water partition coefficient (Wildman–Crippen LogP) is 0.888. The minimum absolute atomic E-state index is 0.197. The minimum atomic E-state index is -0.936. The van der Waals surface area contributed by atoms with Gasteiger partial charge in [0.25, 0.3) is 0 Å². The summed E-state index contributed by atoms with van der Waals surface area (Å²) in [6, 6.07) is -0.742. The van der Waals surface area contributed by atoms with Gasteiger partial charge >= 0.3 is 5.97 Å². The van der Waals surface area contributed by atoms with Crippen LogP contribution in [-0.2, 0) is 9.63 Å². The molecule has 0 heterocycles. The van der Waals surface area contributed by atoms with Gasteiger partial charge in [-0.15, -0.1) is 0 Å². The number of unbranched alkanes of at least 4 members (excludes halogenated alkanes) is 1. The Morgan fingerprint density at radius 1 is 1.47 bits per heavy atom. The molecule has 0 aromatic rings. The fraction of sp³-hybridized carbons (Fsp3) is 0.900. The molecule has 0 aromatic heterocycles. The number of hydroxylamine groups is 1. The molecular weight excluding hydrogens is 196 g/mol. The lowest BCUT2D eigenvalue weighted by Crippen LogP contribution is -2.31. The summed E-state index contributed by atoms with van der Waals surface area (Å²) >= 11 is 0. The maximum absolute atomic E-state index is 10.4. The first-order valence-corrected chi connectivity index (χ1v) is 5.22. The summed E-state index contributed by atoms with van der Waals surface area (Å²) in [5.74, 6) is -0.936. The van der Waals surface area contributed by atoms with Crippen LogP contribution >= 0.6 is 0 Å². The van der Waals surface area contributed by atoms with E-state index in [0.717, 1.165) is 12.8 Å². The molecular formula is C10H22N2O3. The lowest BCUT2D eigenvalue weighted by Gasteiger charge is -2.19. The van der Waals surface area contributed by atoms with Crippen LogP contribution in [0, 0.1) is 0 Å². The summed E-state index contributed by atoms with van der Waals surface area (Å²) in [6.07, 6.45) is 2.15. The quantitative estimate of drug-likeness (QED) is 0.436. The van der Waals surface area contributed by atoms with Gasteiger partial charge in [0.05, 0.1) is 5.60 Å². The maximum Gasteiger partial charge on any atom is 0.320 e. The highest BCUT2D eigenvalue weighted by Gasteiger charge is 2.11. The van der Waals surface area contributed by atoms with Gasteiger partial charge in [-0.05, 0) is 40.0 Å². The first-order valence-electron chi connectivity index (χ1n) is 5.22. The van der Waals surface area contributed by atoms with Gasteiger partial charge in [0.2, 0.25) is 0 Å². The van der Waals surface area contributed by atoms with Gasteiger partial charge in [-0.1, -0.05) is 0 Å². The lowest BCUT2D eigenvalue weighted by molar-refractivity contribution is -0.138. The molecule has 0 spiro atoms. The molecule has 5 nitrogen and oxygen atoms in total. The van der Waals surface area contributed by atoms with Gasteiger partial charge in [-0.25, -0.2) is 5.48 Å². The number of nitrogens with two attached hydrogens (primary N) is 1. The molecule has 0 fully saturated rings. The zero-order valence-electron chi connectivity index (χ0n) is 9.75. The van der Waals surface area contributed by atoms with E-state index in [2.05, 4.69) is 5.48 Å². The van der Waals surface area contributed by atoms with E-state index < -0.39 is 12.0 Å². The highest BCUT2D eigenvalue weighted by molar-refractivity contribution is 5.72. The van der Waals surface area contributed by atoms with Gasteiger partial charge < -0.3 is 10.8 Å². The molecule has 5 heteroatoms. The standard InChI is InChI=1S/C10H22N2O3/c1-10(2,3)15-12-7-5-4-6-8(11)9(13)14/h8,12H,4-7,11H2,1-3H3,(H,13,14)/t8-/m0/s1. The largest absolute Gasteiger partial charge is 0.480 e. The number of aliphatic carboxylic acids is 1. The summed E-state index contributed by atoms with van der Waals surface area (Å²) in [7, 11) is 0. The molecule has 0 saturated carbocycles. The van der Waals surface area contributed by atoms with Crippen LogP contribution in [0.3, 0.4) is 0 Å². The Hall–Kier alpha value is -0.650. The molecule has 0 aliphatic rings. The van der Waals surface area contributed by atoms with Crippen LogP contribution in [0.2, 0.25) is 0 Å². The second-order valence-electron chi connectivity index (χ2n) is 4.55. The van der Waals surface area contributed by atoms with Gasteiger partial charge in [0.15, 0.2) is 0 Å². The van der Waals surface area contributed by atoms with Crippen molar-refractivity contribution in [2.45, 2.75) is 51.7 Å². The molecule has 4 N–H and O–H groups in total. The molecule has 0 amide bonds. The van der Waals surface area contributed by atoms with Crippen molar-refractivity contribution in [3.05, 3.63) is 0 Å². The van der Waals surface area contributed by atoms with E-state index in [1.807, 2.05) is 20.8 Å². The van der Waals surface area contributed by atoms with Crippen molar-refractivity contribution < 1.29 is 14.7 Å². The molecule has 0 bridgehead atoms. The second-order valence-corrected chi connectivity index (χ2v) is 4.55. The van der Waals surface area contributed by atoms with Gasteiger partial charge in [-0.3, -0.25) is 9.63 Å². The molecule has 0 aromatic carbocycles. The van der Waals surface area contributed by atoms with Gasteiger partial charge in [0.1, 0.15) is 6.04 Å². The molecule has 0 unspecified atom stereocenters. The third-order valence-corrected chi connectivity index (χ3v) is 1.74. The Labute approximate surface area is 90.9 Å². The van der Waals surface area contributed by atoms with Crippen LogP contribution in [0.1, 0.15) is 40.0 Å². The molecule has 0 aliphatic heterocycles. The molecule has 0 radical (unpaired) electrons. The summed E-state index contributed by atoms with van der Waals surface area (Å²) < 4.78 is 0. The van der Waals surface area contributed by atoms with E-state index in [9.17, 15) is 4.79 Å². The fourth-order valence-corrected chi connectivity index (χ4v) is 0.952. The smallest absolute Gasteiger partial charge is 0.320 e. The number of hydrogen-bond donors (Lipinski definition) is 3. The molecule has 90 valence electrons. The first kappa shape index (κ1) is 14.3. The Balaban J connectivity index is 3.29. The zero-order chi connectivity index (χ0) is 11.9. The Bertz CT molecular complexity index is 190. The van der Waals surface area contributed by atoms with Crippen molar-refractivity contribution in [1.29, 1.82) is 0 Å². The Kier molecular flexibility index (Phi) is 6.47. The lowest BCUT2D eigenvalue weighted by atomic mass is 10.1. The number of carboxylic acids is 1. The summed E-state index contributed by atoms with van der Waals surface area (Å²) in [4.78, 5) is 15.7. The third kappa shape index (κ3) is 9.65. The van der Waals surface area contributed by atoms with E-state index in [1.165, 1.54) is 0 Å². The van der Waals surface area contributed by atoms with Crippen molar-refractivity contribution >= 4 is 5.97 Å². The highest BCUT2D eigenvalue weighted by Crippen LogP contribution is 2.04. The zero-order valence-corrected chi connectivity index (χ0v) is 9.75. The predicted molar refractivity (Wildman–Crippen MR) is 58.3 cm³/mol. The van der Waals surface area contributed by atoms with Crippen molar-refractivity contribution in [1.82, 2.24) is 5.48 Å². The average Bonchev–Trinajstić information content (AvgIpc) is 2.08. The number of carbonyl (C=O) groups is 1. The van der Waals surface area contributed by atoms with Gasteiger partial charge in [0, 0.05) is 6.54 Å². The number of rotatable bonds is 7. The molecule has 0 aliphatic carbocycles. The van der Waals surface area contributed by atoms with Crippen LogP contribution in [-0.4, -0.2) is 29.3 Å². The van der Waals surface area contributed by atoms with E-state index in [1.54, 1.807) is 0 Å². The Morgan fingerprint density at radius 3 is 2.53 bits per heavy atom. The summed E-state index contributed by atoms with van der Waals surface area (Å²) in [5.41, 5.74) is 7.99. The average molecular weight is 218 g/mol. The van der Waals surface area contributed by atoms with E-state index in [-0.39, 0.29) is 5.60 Å². The Morgan fingerprint density at radius 2 is 2.07 bits per heavy atom. The molecule has 1 atom stereocenters. The van der Waals surface area contributed by atoms with Crippen molar-refractivity contribution in [3.63, 3.8) is 0 Å². The minimum Gasteiger partial charge on any atom is -0.480 e. The highest BCUT2D eigenvalue weighted by atomic mass is 16.7. The molecule has 0 rings (SSSR count). The molecule has 0 saturated heterocycles. The van der Waals surface area contributed by atoms with Crippen molar-refractivity contribution in [3.8, 4) is 0 Å². The van der Waals surface area contributed by atoms with Gasteiger partial charge in [-0.2, -0.15) is 0 Å². The van der Waals surface area contributed by atoms with Crippen LogP contribution in [0.25, 0.3) is 0 Å². The van der Waals surface area contributed by atoms with Crippen LogP contribution in [0.5, 0.6) is 0 Å². The fourth-order valence-electron chi connectivity index (χ4n) is 0.952. The second kappa shape index (κ2) is 6.76. The van der Waals surface area contributed by atoms with Crippen molar-refractivity contribution in [2.75, 3.05) is 6.54 Å². The summed E-state index contributed by atoms with van der Waals surface area (Å²) in [5, 5.41) is 8.53. The van der Waals surface area contributed by atoms with Crippen LogP contribution in [0.15, 0.2) is 0 Å². The van der Waals surface area contributed by atoms with Crippen LogP contribution < -0.4 is 11.2 Å². The normalized spacial score (nSPS) is 13.9. The van der Waals surface area contributed by atoms with Crippen molar-refractivity contribution in [2.24, 2.45) is 5.73 Å².